The fraction of sp³-hybridized carbons (Fsp3) is 0.500. The Morgan fingerprint density at radius 3 is 2.70 bits per heavy atom. The fourth-order valence-corrected chi connectivity index (χ4v) is 4.25. The van der Waals surface area contributed by atoms with E-state index in [0.717, 1.165) is 12.0 Å². The molecule has 1 heterocycles. The Morgan fingerprint density at radius 1 is 1.24 bits per heavy atom. The van der Waals surface area contributed by atoms with E-state index in [1.165, 1.54) is 12.1 Å². The number of halogens is 1. The lowest BCUT2D eigenvalue weighted by molar-refractivity contribution is -0.123. The molecule has 0 fully saturated rings. The van der Waals surface area contributed by atoms with E-state index in [2.05, 4.69) is 23.3 Å². The van der Waals surface area contributed by atoms with Crippen LogP contribution in [0.5, 0.6) is 0 Å². The molecule has 0 spiro atoms. The molecule has 4 atom stereocenters. The summed E-state index contributed by atoms with van der Waals surface area (Å²) in [6.45, 7) is 2.56. The largest absolute Gasteiger partial charge is 0.472 e. The number of nitrogens with zero attached hydrogens (tertiary/aromatic N) is 2. The monoisotopic (exact) mass is 455 g/mol. The van der Waals surface area contributed by atoms with Gasteiger partial charge in [0, 0.05) is 32.0 Å². The third-order valence-corrected chi connectivity index (χ3v) is 6.18. The van der Waals surface area contributed by atoms with Crippen LogP contribution < -0.4 is 5.32 Å². The van der Waals surface area contributed by atoms with Gasteiger partial charge in [-0.2, -0.15) is 0 Å². The van der Waals surface area contributed by atoms with Crippen molar-refractivity contribution < 1.29 is 19.0 Å². The van der Waals surface area contributed by atoms with Crippen molar-refractivity contribution in [3.63, 3.8) is 0 Å². The first-order chi connectivity index (χ1) is 16.0. The smallest absolute Gasteiger partial charge is 0.230 e. The lowest BCUT2D eigenvalue weighted by Gasteiger charge is -2.27. The maximum absolute atomic E-state index is 13.4. The molecule has 1 aromatic rings. The van der Waals surface area contributed by atoms with Gasteiger partial charge in [0.15, 0.2) is 5.90 Å². The van der Waals surface area contributed by atoms with E-state index in [4.69, 9.17) is 14.8 Å². The van der Waals surface area contributed by atoms with Crippen molar-refractivity contribution in [1.82, 2.24) is 5.32 Å². The topological polar surface area (TPSA) is 83.3 Å². The second-order valence-electron chi connectivity index (χ2n) is 8.48. The lowest BCUT2D eigenvalue weighted by atomic mass is 9.90. The number of carbonyl (C=O) groups excluding carboxylic acids is 1. The van der Waals surface area contributed by atoms with E-state index >= 15 is 0 Å². The Hall–Kier alpha value is -2.80. The summed E-state index contributed by atoms with van der Waals surface area (Å²) in [6.07, 6.45) is 11.4. The fourth-order valence-electron chi connectivity index (χ4n) is 4.25. The van der Waals surface area contributed by atoms with Crippen LogP contribution in [-0.2, 0) is 16.0 Å². The van der Waals surface area contributed by atoms with Crippen molar-refractivity contribution in [3.8, 4) is 0 Å². The zero-order valence-corrected chi connectivity index (χ0v) is 19.4. The minimum atomic E-state index is -0.478. The van der Waals surface area contributed by atoms with E-state index in [9.17, 15) is 9.18 Å². The van der Waals surface area contributed by atoms with Crippen molar-refractivity contribution >= 4 is 17.6 Å². The Bertz CT molecular complexity index is 908. The van der Waals surface area contributed by atoms with E-state index < -0.39 is 5.92 Å². The van der Waals surface area contributed by atoms with Crippen LogP contribution in [-0.4, -0.2) is 49.1 Å². The summed E-state index contributed by atoms with van der Waals surface area (Å²) in [5, 5.41) is 11.9. The third kappa shape index (κ3) is 6.84. The quantitative estimate of drug-likeness (QED) is 0.584. The average molecular weight is 456 g/mol. The first-order valence-electron chi connectivity index (χ1n) is 11.8. The maximum Gasteiger partial charge on any atom is 0.230 e. The summed E-state index contributed by atoms with van der Waals surface area (Å²) in [6, 6.07) is 6.48. The highest BCUT2D eigenvalue weighted by Gasteiger charge is 2.33. The van der Waals surface area contributed by atoms with Gasteiger partial charge in [0.1, 0.15) is 17.8 Å². The van der Waals surface area contributed by atoms with Gasteiger partial charge < -0.3 is 15.2 Å². The zero-order valence-electron chi connectivity index (χ0n) is 19.4. The molecule has 0 saturated carbocycles. The minimum Gasteiger partial charge on any atom is -0.472 e. The number of hydrogen-bond donors (Lipinski definition) is 2. The maximum atomic E-state index is 13.4. The summed E-state index contributed by atoms with van der Waals surface area (Å²) in [5.74, 6) is 0.335. The summed E-state index contributed by atoms with van der Waals surface area (Å²) < 4.78 is 19.9. The molecule has 1 aliphatic heterocycles. The van der Waals surface area contributed by atoms with Gasteiger partial charge in [0.25, 0.3) is 0 Å². The number of amidine groups is 1. The molecular weight excluding hydrogens is 421 g/mol. The van der Waals surface area contributed by atoms with Crippen molar-refractivity contribution in [3.05, 3.63) is 60.0 Å². The van der Waals surface area contributed by atoms with E-state index in [0.29, 0.717) is 44.0 Å². The van der Waals surface area contributed by atoms with Crippen LogP contribution in [0.25, 0.3) is 0 Å². The van der Waals surface area contributed by atoms with Crippen molar-refractivity contribution in [2.24, 2.45) is 27.7 Å². The first kappa shape index (κ1) is 24.8. The highest BCUT2D eigenvalue weighted by molar-refractivity contribution is 6.08. The molecule has 3 rings (SSSR count). The van der Waals surface area contributed by atoms with Gasteiger partial charge in [-0.15, -0.1) is 0 Å². The third-order valence-electron chi connectivity index (χ3n) is 6.18. The van der Waals surface area contributed by atoms with E-state index in [1.54, 1.807) is 19.2 Å². The van der Waals surface area contributed by atoms with Crippen molar-refractivity contribution in [2.45, 2.75) is 45.1 Å². The number of ether oxygens (including phenoxy) is 1. The molecular formula is C26H34FN3O3. The number of amides is 1. The number of allylic oxidation sites excluding steroid dienone is 2. The molecule has 6 nitrogen and oxygen atoms in total. The Morgan fingerprint density at radius 2 is 2.00 bits per heavy atom. The number of aliphatic hydroxyl groups is 1. The summed E-state index contributed by atoms with van der Waals surface area (Å²) >= 11 is 0. The van der Waals surface area contributed by atoms with Gasteiger partial charge in [-0.1, -0.05) is 37.3 Å². The molecule has 2 aliphatic rings. The standard InChI is InChI=1S/C26H34FN3O3/c1-3-19-7-4-5-8-23(19)33-26-20(17-18-9-12-21(27)13-10-18)11-14-22(24(28-2)30-26)25(32)29-15-6-16-31/h4-5,7-10,12-13,19-20,22-23,31H,3,6,11,14-17H2,1-2H3,(H,29,32). The highest BCUT2D eigenvalue weighted by Crippen LogP contribution is 2.28. The average Bonchev–Trinajstić information content (AvgIpc) is 3.00. The van der Waals surface area contributed by atoms with Crippen LogP contribution in [0.3, 0.4) is 0 Å². The highest BCUT2D eigenvalue weighted by atomic mass is 19.1. The summed E-state index contributed by atoms with van der Waals surface area (Å²) in [7, 11) is 1.64. The van der Waals surface area contributed by atoms with Crippen LogP contribution in [0.1, 0.15) is 38.2 Å². The van der Waals surface area contributed by atoms with Gasteiger partial charge in [-0.25, -0.2) is 9.38 Å². The van der Waals surface area contributed by atoms with Crippen LogP contribution in [0.2, 0.25) is 0 Å². The number of rotatable bonds is 8. The number of benzene rings is 1. The van der Waals surface area contributed by atoms with E-state index in [-0.39, 0.29) is 36.3 Å². The molecule has 4 unspecified atom stereocenters. The van der Waals surface area contributed by atoms with Gasteiger partial charge in [-0.3, -0.25) is 9.79 Å². The molecule has 0 bridgehead atoms. The SMILES string of the molecule is CCC1C=CC=CC1OC1=NC(=NC)C(C(=O)NCCCO)CCC1Cc1ccc(F)cc1. The Balaban J connectivity index is 1.86. The van der Waals surface area contributed by atoms with Crippen molar-refractivity contribution in [1.29, 1.82) is 0 Å². The molecule has 0 aromatic heterocycles. The van der Waals surface area contributed by atoms with Gasteiger partial charge >= 0.3 is 0 Å². The second kappa shape index (κ2) is 12.4. The van der Waals surface area contributed by atoms with Crippen LogP contribution in [0.4, 0.5) is 4.39 Å². The number of nitrogens with one attached hydrogen (secondary N) is 1. The number of carbonyl (C=O) groups is 1. The summed E-state index contributed by atoms with van der Waals surface area (Å²) in [5.41, 5.74) is 0.990. The molecule has 1 amide bonds. The molecule has 178 valence electrons. The molecule has 1 aliphatic carbocycles. The van der Waals surface area contributed by atoms with Gasteiger partial charge in [0.05, 0.1) is 5.92 Å². The zero-order chi connectivity index (χ0) is 23.6. The van der Waals surface area contributed by atoms with Gasteiger partial charge in [0.2, 0.25) is 5.91 Å². The molecule has 0 saturated heterocycles. The number of hydrogen-bond acceptors (Lipinski definition) is 4. The predicted octanol–water partition coefficient (Wildman–Crippen LogP) is 3.86. The van der Waals surface area contributed by atoms with Crippen LogP contribution in [0, 0.1) is 23.6 Å². The molecule has 1 aromatic carbocycles. The van der Waals surface area contributed by atoms with Gasteiger partial charge in [-0.05, 0) is 55.9 Å². The predicted molar refractivity (Wildman–Crippen MR) is 129 cm³/mol. The molecule has 0 radical (unpaired) electrons. The van der Waals surface area contributed by atoms with Crippen LogP contribution >= 0.6 is 0 Å². The Labute approximate surface area is 195 Å². The lowest BCUT2D eigenvalue weighted by Crippen LogP contribution is -2.35. The molecule has 7 heteroatoms. The normalized spacial score (nSPS) is 26.1. The number of aliphatic hydroxyl groups excluding tert-OH is 1. The van der Waals surface area contributed by atoms with E-state index in [1.807, 2.05) is 18.2 Å². The number of aliphatic imine (C=N–C) groups is 2. The molecule has 33 heavy (non-hydrogen) atoms. The van der Waals surface area contributed by atoms with Crippen molar-refractivity contribution in [2.75, 3.05) is 20.2 Å². The Kier molecular flexibility index (Phi) is 9.36. The summed E-state index contributed by atoms with van der Waals surface area (Å²) in [4.78, 5) is 22.0. The van der Waals surface area contributed by atoms with Crippen LogP contribution in [0.15, 0.2) is 58.6 Å². The second-order valence-corrected chi connectivity index (χ2v) is 8.48. The minimum absolute atomic E-state index is 0.0253. The molecule has 2 N–H and O–H groups in total. The first-order valence-corrected chi connectivity index (χ1v) is 11.8.